The number of rotatable bonds is 2. The molecule has 0 saturated heterocycles. The fraction of sp³-hybridized carbons (Fsp3) is 0.500. The van der Waals surface area contributed by atoms with Gasteiger partial charge in [0.1, 0.15) is 6.10 Å². The maximum Gasteiger partial charge on any atom is 0.333 e. The molecule has 0 radical (unpaired) electrons. The molecular weight excluding hydrogens is 296 g/mol. The third-order valence-electron chi connectivity index (χ3n) is 3.74. The minimum absolute atomic E-state index is 0.0961. The first-order valence-electron chi connectivity index (χ1n) is 7.54. The summed E-state index contributed by atoms with van der Waals surface area (Å²) in [5.74, 6) is -1.01. The van der Waals surface area contributed by atoms with E-state index in [1.807, 2.05) is 13.8 Å². The number of hydrogen-bond donors (Lipinski definition) is 0. The summed E-state index contributed by atoms with van der Waals surface area (Å²) in [6, 6.07) is 0. The molecular formula is C18H24O5. The minimum Gasteiger partial charge on any atom is -0.466 e. The first kappa shape index (κ1) is 18.9. The topological polar surface area (TPSA) is 69.7 Å². The summed E-state index contributed by atoms with van der Waals surface area (Å²) >= 11 is 0. The first-order valence-corrected chi connectivity index (χ1v) is 7.54. The summed E-state index contributed by atoms with van der Waals surface area (Å²) in [5.41, 5.74) is 0.399. The third-order valence-corrected chi connectivity index (χ3v) is 3.74. The van der Waals surface area contributed by atoms with Crippen LogP contribution in [-0.2, 0) is 23.9 Å². The van der Waals surface area contributed by atoms with Crippen molar-refractivity contribution in [3.05, 3.63) is 35.5 Å². The maximum atomic E-state index is 12.1. The molecule has 5 heteroatoms. The molecule has 0 aromatic heterocycles. The summed E-state index contributed by atoms with van der Waals surface area (Å²) < 4.78 is 10.2. The van der Waals surface area contributed by atoms with Crippen LogP contribution in [0.15, 0.2) is 35.5 Å². The zero-order valence-corrected chi connectivity index (χ0v) is 14.3. The second-order valence-corrected chi connectivity index (χ2v) is 6.16. The molecule has 0 N–H and O–H groups in total. The molecule has 0 spiro atoms. The Labute approximate surface area is 137 Å². The average molecular weight is 320 g/mol. The van der Waals surface area contributed by atoms with Gasteiger partial charge in [-0.3, -0.25) is 9.59 Å². The van der Waals surface area contributed by atoms with Gasteiger partial charge in [-0.05, 0) is 37.5 Å². The van der Waals surface area contributed by atoms with Crippen LogP contribution in [0.25, 0.3) is 0 Å². The van der Waals surface area contributed by atoms with E-state index in [1.54, 1.807) is 25.2 Å². The van der Waals surface area contributed by atoms with Gasteiger partial charge in [-0.25, -0.2) is 4.79 Å². The molecule has 126 valence electrons. The van der Waals surface area contributed by atoms with Crippen molar-refractivity contribution in [2.24, 2.45) is 5.41 Å². The van der Waals surface area contributed by atoms with E-state index in [0.717, 1.165) is 0 Å². The first-order chi connectivity index (χ1) is 10.7. The quantitative estimate of drug-likeness (QED) is 0.732. The van der Waals surface area contributed by atoms with E-state index < -0.39 is 23.5 Å². The van der Waals surface area contributed by atoms with Gasteiger partial charge in [0, 0.05) is 17.9 Å². The Balaban J connectivity index is 3.35. The lowest BCUT2D eigenvalue weighted by Crippen LogP contribution is -2.31. The highest BCUT2D eigenvalue weighted by atomic mass is 16.5. The van der Waals surface area contributed by atoms with Crippen molar-refractivity contribution in [2.75, 3.05) is 7.11 Å². The lowest BCUT2D eigenvalue weighted by Gasteiger charge is -2.29. The zero-order valence-electron chi connectivity index (χ0n) is 14.3. The van der Waals surface area contributed by atoms with Crippen LogP contribution in [-0.4, -0.2) is 30.9 Å². The van der Waals surface area contributed by atoms with Crippen LogP contribution in [0.1, 0.15) is 40.5 Å². The molecule has 0 aromatic rings. The number of ether oxygens (including phenoxy) is 2. The number of methoxy groups -OCH3 is 1. The van der Waals surface area contributed by atoms with Crippen LogP contribution in [0.4, 0.5) is 0 Å². The van der Waals surface area contributed by atoms with Crippen molar-refractivity contribution in [1.29, 1.82) is 0 Å². The summed E-state index contributed by atoms with van der Waals surface area (Å²) in [5, 5.41) is 0. The van der Waals surface area contributed by atoms with Crippen LogP contribution < -0.4 is 0 Å². The Hall–Kier alpha value is -2.17. The van der Waals surface area contributed by atoms with Crippen LogP contribution in [0.2, 0.25) is 0 Å². The van der Waals surface area contributed by atoms with Gasteiger partial charge < -0.3 is 9.47 Å². The highest BCUT2D eigenvalue weighted by molar-refractivity contribution is 6.03. The maximum absolute atomic E-state index is 12.1. The van der Waals surface area contributed by atoms with Gasteiger partial charge in [0.2, 0.25) is 0 Å². The molecule has 1 rings (SSSR count). The van der Waals surface area contributed by atoms with E-state index in [1.165, 1.54) is 20.1 Å². The van der Waals surface area contributed by atoms with Crippen LogP contribution in [0.3, 0.4) is 0 Å². The molecule has 0 amide bonds. The van der Waals surface area contributed by atoms with E-state index in [-0.39, 0.29) is 5.78 Å². The molecule has 23 heavy (non-hydrogen) atoms. The van der Waals surface area contributed by atoms with Gasteiger partial charge >= 0.3 is 11.9 Å². The van der Waals surface area contributed by atoms with E-state index in [2.05, 4.69) is 0 Å². The van der Waals surface area contributed by atoms with E-state index >= 15 is 0 Å². The van der Waals surface area contributed by atoms with Crippen LogP contribution >= 0.6 is 0 Å². The SMILES string of the molecule is COC(=O)C1=CC(OC(C)=O)C(C)(C)C=CC(=O)C(C)=CCC1. The third kappa shape index (κ3) is 5.51. The summed E-state index contributed by atoms with van der Waals surface area (Å²) in [4.78, 5) is 35.4. The predicted molar refractivity (Wildman–Crippen MR) is 86.6 cm³/mol. The number of hydrogen-bond acceptors (Lipinski definition) is 5. The predicted octanol–water partition coefficient (Wildman–Crippen LogP) is 2.91. The highest BCUT2D eigenvalue weighted by Crippen LogP contribution is 2.29. The molecule has 1 atom stereocenters. The second kappa shape index (κ2) is 7.90. The summed E-state index contributed by atoms with van der Waals surface area (Å²) in [6.45, 7) is 6.73. The molecule has 1 aliphatic rings. The molecule has 0 fully saturated rings. The number of allylic oxidation sites excluding steroid dienone is 3. The van der Waals surface area contributed by atoms with Crippen LogP contribution in [0, 0.1) is 5.41 Å². The van der Waals surface area contributed by atoms with Gasteiger partial charge in [-0.15, -0.1) is 0 Å². The number of ketones is 1. The molecule has 0 aliphatic heterocycles. The fourth-order valence-corrected chi connectivity index (χ4v) is 2.21. The Morgan fingerprint density at radius 3 is 2.52 bits per heavy atom. The molecule has 0 heterocycles. The Morgan fingerprint density at radius 1 is 1.30 bits per heavy atom. The van der Waals surface area contributed by atoms with Crippen LogP contribution in [0.5, 0.6) is 0 Å². The smallest absolute Gasteiger partial charge is 0.333 e. The second-order valence-electron chi connectivity index (χ2n) is 6.16. The van der Waals surface area contributed by atoms with E-state index in [4.69, 9.17) is 9.47 Å². The molecule has 0 aromatic carbocycles. The van der Waals surface area contributed by atoms with Gasteiger partial charge in [0.25, 0.3) is 0 Å². The minimum atomic E-state index is -0.670. The van der Waals surface area contributed by atoms with Crippen molar-refractivity contribution in [2.45, 2.75) is 46.6 Å². The van der Waals surface area contributed by atoms with Crippen molar-refractivity contribution in [3.63, 3.8) is 0 Å². The van der Waals surface area contributed by atoms with E-state index in [9.17, 15) is 14.4 Å². The highest BCUT2D eigenvalue weighted by Gasteiger charge is 2.30. The van der Waals surface area contributed by atoms with Gasteiger partial charge in [0.05, 0.1) is 7.11 Å². The Morgan fingerprint density at radius 2 is 1.96 bits per heavy atom. The number of carbonyl (C=O) groups excluding carboxylic acids is 3. The monoisotopic (exact) mass is 320 g/mol. The summed E-state index contributed by atoms with van der Waals surface area (Å²) in [6.07, 6.45) is 6.87. The molecule has 1 unspecified atom stereocenters. The van der Waals surface area contributed by atoms with Crippen molar-refractivity contribution >= 4 is 17.7 Å². The zero-order chi connectivity index (χ0) is 17.6. The largest absolute Gasteiger partial charge is 0.466 e. The Kier molecular flexibility index (Phi) is 6.49. The summed E-state index contributed by atoms with van der Waals surface area (Å²) in [7, 11) is 1.31. The van der Waals surface area contributed by atoms with Gasteiger partial charge in [-0.1, -0.05) is 26.0 Å². The van der Waals surface area contributed by atoms with Crippen molar-refractivity contribution < 1.29 is 23.9 Å². The standard InChI is InChI=1S/C18H24O5/c1-12-7-6-8-14(17(21)22-5)11-16(23-13(2)19)18(3,4)10-9-15(12)20/h7,9-11,16H,6,8H2,1-5H3. The molecule has 1 aliphatic carbocycles. The fourth-order valence-electron chi connectivity index (χ4n) is 2.21. The number of carbonyl (C=O) groups is 3. The number of esters is 2. The van der Waals surface area contributed by atoms with E-state index in [0.29, 0.717) is 24.0 Å². The Bertz CT molecular complexity index is 578. The van der Waals surface area contributed by atoms with Gasteiger partial charge in [0.15, 0.2) is 5.78 Å². The molecule has 5 nitrogen and oxygen atoms in total. The van der Waals surface area contributed by atoms with Crippen molar-refractivity contribution in [3.8, 4) is 0 Å². The normalized spacial score (nSPS) is 21.6. The average Bonchev–Trinajstić information content (AvgIpc) is 2.49. The lowest BCUT2D eigenvalue weighted by molar-refractivity contribution is -0.148. The van der Waals surface area contributed by atoms with Gasteiger partial charge in [-0.2, -0.15) is 0 Å². The van der Waals surface area contributed by atoms with Crippen molar-refractivity contribution in [1.82, 2.24) is 0 Å². The molecule has 0 saturated carbocycles. The molecule has 0 bridgehead atoms. The lowest BCUT2D eigenvalue weighted by atomic mass is 9.84.